The van der Waals surface area contributed by atoms with E-state index in [0.717, 1.165) is 0 Å². The van der Waals surface area contributed by atoms with Crippen molar-refractivity contribution in [2.24, 2.45) is 0 Å². The second-order valence-electron chi connectivity index (χ2n) is 11.6. The van der Waals surface area contributed by atoms with Crippen molar-refractivity contribution in [2.45, 2.75) is 0 Å². The molecular formula is C32BF24-. The van der Waals surface area contributed by atoms with Gasteiger partial charge in [-0.3, -0.25) is 0 Å². The Kier molecular flexibility index (Phi) is 9.43. The molecule has 0 spiro atoms. The fraction of sp³-hybridized carbons (Fsp3) is 0. The van der Waals surface area contributed by atoms with Crippen molar-refractivity contribution < 1.29 is 105 Å². The third kappa shape index (κ3) is 4.91. The maximum atomic E-state index is 16.8. The summed E-state index contributed by atoms with van der Waals surface area (Å²) in [5.74, 6) is -86.2. The van der Waals surface area contributed by atoms with E-state index < -0.39 is 189 Å². The van der Waals surface area contributed by atoms with Crippen molar-refractivity contribution in [3.05, 3.63) is 140 Å². The average Bonchev–Trinajstić information content (AvgIpc) is 3.17. The van der Waals surface area contributed by atoms with Crippen LogP contribution in [0.4, 0.5) is 105 Å². The van der Waals surface area contributed by atoms with E-state index in [-0.39, 0.29) is 0 Å². The van der Waals surface area contributed by atoms with Crippen molar-refractivity contribution in [3.8, 4) is 0 Å². The van der Waals surface area contributed by atoms with Crippen LogP contribution in [0.25, 0.3) is 21.5 Å². The van der Waals surface area contributed by atoms with Crippen LogP contribution in [0.2, 0.25) is 0 Å². The highest BCUT2D eigenvalue weighted by Gasteiger charge is 2.52. The van der Waals surface area contributed by atoms with Crippen molar-refractivity contribution in [1.29, 1.82) is 0 Å². The monoisotopic (exact) mass is 851 g/mol. The lowest BCUT2D eigenvalue weighted by Crippen LogP contribution is -2.81. The van der Waals surface area contributed by atoms with Crippen LogP contribution in [0, 0.1) is 140 Å². The van der Waals surface area contributed by atoms with Gasteiger partial charge in [0, 0.05) is 0 Å². The van der Waals surface area contributed by atoms with Crippen molar-refractivity contribution in [2.75, 3.05) is 0 Å². The lowest BCUT2D eigenvalue weighted by Gasteiger charge is -2.45. The van der Waals surface area contributed by atoms with Crippen LogP contribution < -0.4 is 21.9 Å². The number of hydrogen-bond acceptors (Lipinski definition) is 0. The minimum atomic E-state index is -7.60. The smallest absolute Gasteiger partial charge is 0.200 e. The Morgan fingerprint density at radius 3 is 0.491 bits per heavy atom. The third-order valence-corrected chi connectivity index (χ3v) is 8.96. The van der Waals surface area contributed by atoms with Gasteiger partial charge in [-0.05, 0) is 0 Å². The Morgan fingerprint density at radius 1 is 0.140 bits per heavy atom. The molecule has 0 aromatic heterocycles. The predicted molar refractivity (Wildman–Crippen MR) is 144 cm³/mol. The van der Waals surface area contributed by atoms with Gasteiger partial charge in [0.05, 0.1) is 21.5 Å². The SMILES string of the molecule is Fc1c(F)c(F)c([B-](c2c(F)c(F)c(F)c(F)c2F)(c2c(F)c(F)c3c(F)c(F)c(F)c(F)c3c2F)c2c(F)c(F)c3c(F)c(F)c(F)c(F)c3c2F)c(F)c1F. The summed E-state index contributed by atoms with van der Waals surface area (Å²) in [7, 11) is 0. The zero-order chi connectivity index (χ0) is 43.0. The molecule has 0 bridgehead atoms. The van der Waals surface area contributed by atoms with E-state index in [1.165, 1.54) is 0 Å². The third-order valence-electron chi connectivity index (χ3n) is 8.96. The molecule has 0 N–H and O–H groups in total. The molecule has 0 nitrogen and oxygen atoms in total. The molecule has 0 heterocycles. The molecular weight excluding hydrogens is 851 g/mol. The van der Waals surface area contributed by atoms with Crippen LogP contribution in [0.3, 0.4) is 0 Å². The molecule has 0 aliphatic rings. The van der Waals surface area contributed by atoms with Gasteiger partial charge < -0.3 is 0 Å². The lowest BCUT2D eigenvalue weighted by atomic mass is 9.12. The zero-order valence-electron chi connectivity index (χ0n) is 25.6. The van der Waals surface area contributed by atoms with Crippen molar-refractivity contribution in [3.63, 3.8) is 0 Å². The highest BCUT2D eigenvalue weighted by molar-refractivity contribution is 7.20. The predicted octanol–water partition coefficient (Wildman–Crippen LogP) is 8.71. The summed E-state index contributed by atoms with van der Waals surface area (Å²) in [5, 5.41) is -11.9. The topological polar surface area (TPSA) is 0 Å². The number of rotatable bonds is 4. The summed E-state index contributed by atoms with van der Waals surface area (Å²) in [6.45, 7) is 0. The molecule has 6 aromatic carbocycles. The molecule has 0 fully saturated rings. The van der Waals surface area contributed by atoms with E-state index in [1.807, 2.05) is 0 Å². The van der Waals surface area contributed by atoms with Crippen LogP contribution >= 0.6 is 0 Å². The normalized spacial score (nSPS) is 12.2. The van der Waals surface area contributed by atoms with Gasteiger partial charge in [-0.1, -0.05) is 0 Å². The van der Waals surface area contributed by atoms with Gasteiger partial charge in [0.25, 0.3) is 0 Å². The molecule has 300 valence electrons. The van der Waals surface area contributed by atoms with Crippen LogP contribution in [0.15, 0.2) is 0 Å². The molecule has 0 radical (unpaired) electrons. The number of halogens is 24. The largest absolute Gasteiger partial charge is 0.210 e. The second-order valence-corrected chi connectivity index (χ2v) is 11.6. The minimum Gasteiger partial charge on any atom is -0.210 e. The first-order valence-corrected chi connectivity index (χ1v) is 14.2. The Hall–Kier alpha value is -5.78. The maximum Gasteiger partial charge on any atom is 0.200 e. The molecule has 0 aliphatic carbocycles. The standard InChI is InChI=1S/C32BF24/c34-9-1-3(15(40)25(50)23(48)13(1)38)11(36)17(42)5(9)33(7-19(44)27(52)31(56)28(53)20(7)45,8-21(46)29(54)32(57)30(55)22(8)47)6-10(35)2-4(12(37)18(6)43)16(41)26(51)24(49)14(2)39/q-1. The molecule has 57 heavy (non-hydrogen) atoms. The molecule has 0 saturated carbocycles. The van der Waals surface area contributed by atoms with E-state index in [1.54, 1.807) is 0 Å². The summed E-state index contributed by atoms with van der Waals surface area (Å²) in [4.78, 5) is 0. The summed E-state index contributed by atoms with van der Waals surface area (Å²) < 4.78 is 367. The molecule has 0 aliphatic heterocycles. The van der Waals surface area contributed by atoms with Gasteiger partial charge in [0.1, 0.15) is 52.7 Å². The molecule has 0 atom stereocenters. The average molecular weight is 851 g/mol. The van der Waals surface area contributed by atoms with E-state index >= 15 is 52.7 Å². The summed E-state index contributed by atoms with van der Waals surface area (Å²) in [6, 6.07) is 0. The van der Waals surface area contributed by atoms with Gasteiger partial charge in [-0.25, -0.2) is 105 Å². The highest BCUT2D eigenvalue weighted by atomic mass is 19.2. The Bertz CT molecular complexity index is 2600. The van der Waals surface area contributed by atoms with Gasteiger partial charge >= 0.3 is 0 Å². The summed E-state index contributed by atoms with van der Waals surface area (Å²) >= 11 is 0. The number of benzene rings is 6. The van der Waals surface area contributed by atoms with Crippen molar-refractivity contribution >= 4 is 49.5 Å². The fourth-order valence-corrected chi connectivity index (χ4v) is 6.64. The second kappa shape index (κ2) is 13.1. The molecule has 6 aromatic rings. The lowest BCUT2D eigenvalue weighted by molar-refractivity contribution is 0.381. The van der Waals surface area contributed by atoms with Crippen LogP contribution in [0.5, 0.6) is 0 Å². The van der Waals surface area contributed by atoms with Crippen LogP contribution in [-0.4, -0.2) is 6.15 Å². The first-order chi connectivity index (χ1) is 26.3. The van der Waals surface area contributed by atoms with Crippen LogP contribution in [-0.2, 0) is 0 Å². The number of hydrogen-bond donors (Lipinski definition) is 0. The molecule has 25 heteroatoms. The van der Waals surface area contributed by atoms with E-state index in [9.17, 15) is 52.7 Å². The Morgan fingerprint density at radius 2 is 0.263 bits per heavy atom. The van der Waals surface area contributed by atoms with Gasteiger partial charge in [-0.2, -0.15) is 0 Å². The number of fused-ring (bicyclic) bond motifs is 2. The Labute approximate surface area is 295 Å². The molecule has 0 unspecified atom stereocenters. The van der Waals surface area contributed by atoms with E-state index in [4.69, 9.17) is 0 Å². The van der Waals surface area contributed by atoms with E-state index in [0.29, 0.717) is 0 Å². The fourth-order valence-electron chi connectivity index (χ4n) is 6.64. The summed E-state index contributed by atoms with van der Waals surface area (Å²) in [5.41, 5.74) is -15.1. The van der Waals surface area contributed by atoms with Gasteiger partial charge in [-0.15, -0.1) is 21.9 Å². The molecule has 0 amide bonds. The maximum absolute atomic E-state index is 16.8. The molecule has 6 rings (SSSR count). The minimum absolute atomic E-state index is 2.87. The van der Waals surface area contributed by atoms with Crippen LogP contribution in [0.1, 0.15) is 0 Å². The summed E-state index contributed by atoms with van der Waals surface area (Å²) in [6.07, 6.45) is -7.60. The highest BCUT2D eigenvalue weighted by Crippen LogP contribution is 2.37. The zero-order valence-corrected chi connectivity index (χ0v) is 25.6. The van der Waals surface area contributed by atoms with Gasteiger partial charge in [0.15, 0.2) is 93.1 Å². The van der Waals surface area contributed by atoms with Gasteiger partial charge in [0.2, 0.25) is 0 Å². The Balaban J connectivity index is 2.20. The quantitative estimate of drug-likeness (QED) is 0.0722. The first-order valence-electron chi connectivity index (χ1n) is 14.2. The van der Waals surface area contributed by atoms with E-state index in [2.05, 4.69) is 0 Å². The van der Waals surface area contributed by atoms with Crippen molar-refractivity contribution in [1.82, 2.24) is 0 Å². The molecule has 0 saturated heterocycles. The first kappa shape index (κ1) is 40.9.